The summed E-state index contributed by atoms with van der Waals surface area (Å²) >= 11 is 5.92. The second kappa shape index (κ2) is 13.8. The smallest absolute Gasteiger partial charge is 0.264 e. The van der Waals surface area contributed by atoms with Crippen LogP contribution in [0.5, 0.6) is 5.75 Å². The summed E-state index contributed by atoms with van der Waals surface area (Å²) in [5, 5.41) is 0.357. The van der Waals surface area contributed by atoms with Gasteiger partial charge in [0, 0.05) is 23.2 Å². The number of nitrogens with zero attached hydrogens (tertiary/aromatic N) is 2. The molecule has 0 aromatic heterocycles. The zero-order valence-electron chi connectivity index (χ0n) is 20.2. The van der Waals surface area contributed by atoms with Gasteiger partial charge in [-0.2, -0.15) is 0 Å². The second-order valence-corrected chi connectivity index (χ2v) is 10.2. The molecule has 0 saturated carbocycles. The molecule has 5 nitrogen and oxygen atoms in total. The van der Waals surface area contributed by atoms with E-state index in [1.165, 1.54) is 24.3 Å². The van der Waals surface area contributed by atoms with Crippen molar-refractivity contribution in [2.45, 2.75) is 31.7 Å². The van der Waals surface area contributed by atoms with Gasteiger partial charge >= 0.3 is 0 Å². The fourth-order valence-corrected chi connectivity index (χ4v) is 5.22. The summed E-state index contributed by atoms with van der Waals surface area (Å²) in [6, 6.07) is 15.2. The Morgan fingerprint density at radius 2 is 1.61 bits per heavy atom. The lowest BCUT2D eigenvalue weighted by Gasteiger charge is -2.26. The SMILES string of the molecule is CCN(CC)CCCOc1ccccc1CN(c1cc(F)ccc1F)S(=O)(=O)c1ccc(Cl)cc1.Cl. The van der Waals surface area contributed by atoms with Crippen LogP contribution < -0.4 is 9.04 Å². The van der Waals surface area contributed by atoms with E-state index in [-0.39, 0.29) is 23.8 Å². The van der Waals surface area contributed by atoms with Crippen molar-refractivity contribution in [3.8, 4) is 5.75 Å². The van der Waals surface area contributed by atoms with E-state index in [1.54, 1.807) is 24.3 Å². The van der Waals surface area contributed by atoms with Crippen LogP contribution in [0.15, 0.2) is 71.6 Å². The summed E-state index contributed by atoms with van der Waals surface area (Å²) in [5.74, 6) is -1.12. The van der Waals surface area contributed by atoms with Crippen molar-refractivity contribution in [3.05, 3.63) is 89.0 Å². The molecule has 0 N–H and O–H groups in total. The first-order chi connectivity index (χ1) is 16.8. The zero-order valence-corrected chi connectivity index (χ0v) is 22.6. The van der Waals surface area contributed by atoms with E-state index in [0.717, 1.165) is 48.6 Å². The molecular weight excluding hydrogens is 529 g/mol. The van der Waals surface area contributed by atoms with Crippen molar-refractivity contribution in [1.29, 1.82) is 0 Å². The standard InChI is InChI=1S/C26H29ClF2N2O3S.ClH/c1-3-30(4-2)16-7-17-34-26-9-6-5-8-20(26)19-31(25-18-22(28)12-15-24(25)29)35(32,33)23-13-10-21(27)11-14-23;/h5-6,8-15,18H,3-4,7,16-17,19H2,1-2H3;1H. The fraction of sp³-hybridized carbons (Fsp3) is 0.308. The van der Waals surface area contributed by atoms with Crippen LogP contribution in [0.3, 0.4) is 0 Å². The molecule has 3 rings (SSSR count). The monoisotopic (exact) mass is 558 g/mol. The van der Waals surface area contributed by atoms with Crippen molar-refractivity contribution in [2.75, 3.05) is 30.5 Å². The molecule has 0 amide bonds. The molecule has 10 heteroatoms. The van der Waals surface area contributed by atoms with E-state index in [0.29, 0.717) is 22.9 Å². The van der Waals surface area contributed by atoms with Gasteiger partial charge in [0.05, 0.1) is 23.7 Å². The maximum atomic E-state index is 14.8. The minimum absolute atomic E-state index is 0. The average Bonchev–Trinajstić information content (AvgIpc) is 2.85. The van der Waals surface area contributed by atoms with Crippen molar-refractivity contribution in [3.63, 3.8) is 0 Å². The molecule has 0 heterocycles. The highest BCUT2D eigenvalue weighted by atomic mass is 35.5. The number of sulfonamides is 1. The Morgan fingerprint density at radius 3 is 2.28 bits per heavy atom. The molecule has 3 aromatic carbocycles. The van der Waals surface area contributed by atoms with Crippen LogP contribution in [0.4, 0.5) is 14.5 Å². The fourth-order valence-electron chi connectivity index (χ4n) is 3.65. The van der Waals surface area contributed by atoms with E-state index in [4.69, 9.17) is 16.3 Å². The highest BCUT2D eigenvalue weighted by molar-refractivity contribution is 7.92. The molecule has 0 bridgehead atoms. The van der Waals surface area contributed by atoms with Crippen molar-refractivity contribution in [2.24, 2.45) is 0 Å². The molecule has 0 spiro atoms. The van der Waals surface area contributed by atoms with Crippen molar-refractivity contribution >= 4 is 39.7 Å². The number of hydrogen-bond acceptors (Lipinski definition) is 4. The van der Waals surface area contributed by atoms with Crippen LogP contribution in [-0.4, -0.2) is 39.6 Å². The Labute approximate surface area is 223 Å². The molecular formula is C26H30Cl2F2N2O3S. The van der Waals surface area contributed by atoms with Gasteiger partial charge in [-0.1, -0.05) is 43.6 Å². The first kappa shape index (κ1) is 29.8. The topological polar surface area (TPSA) is 49.9 Å². The van der Waals surface area contributed by atoms with Crippen LogP contribution in [0.2, 0.25) is 5.02 Å². The molecule has 0 unspecified atom stereocenters. The summed E-state index contributed by atoms with van der Waals surface area (Å²) in [5.41, 5.74) is 0.132. The predicted molar refractivity (Wildman–Crippen MR) is 143 cm³/mol. The first-order valence-electron chi connectivity index (χ1n) is 11.4. The number of anilines is 1. The zero-order chi connectivity index (χ0) is 25.4. The highest BCUT2D eigenvalue weighted by Gasteiger charge is 2.29. The molecule has 0 aliphatic rings. The van der Waals surface area contributed by atoms with Crippen LogP contribution >= 0.6 is 24.0 Å². The molecule has 0 fully saturated rings. The minimum Gasteiger partial charge on any atom is -0.493 e. The summed E-state index contributed by atoms with van der Waals surface area (Å²) in [6.07, 6.45) is 0.793. The maximum Gasteiger partial charge on any atom is 0.264 e. The Bertz CT molecular complexity index is 1220. The number of hydrogen-bond donors (Lipinski definition) is 0. The molecule has 0 radical (unpaired) electrons. The van der Waals surface area contributed by atoms with E-state index in [1.807, 2.05) is 0 Å². The number of rotatable bonds is 12. The van der Waals surface area contributed by atoms with Gasteiger partial charge in [-0.3, -0.25) is 4.31 Å². The van der Waals surface area contributed by atoms with Crippen LogP contribution in [0.25, 0.3) is 0 Å². The minimum atomic E-state index is -4.26. The maximum absolute atomic E-state index is 14.8. The quantitative estimate of drug-likeness (QED) is 0.236. The molecule has 196 valence electrons. The first-order valence-corrected chi connectivity index (χ1v) is 13.2. The normalized spacial score (nSPS) is 11.3. The lowest BCUT2D eigenvalue weighted by molar-refractivity contribution is 0.248. The van der Waals surface area contributed by atoms with E-state index >= 15 is 0 Å². The molecule has 3 aromatic rings. The van der Waals surface area contributed by atoms with Gasteiger partial charge in [0.2, 0.25) is 0 Å². The summed E-state index contributed by atoms with van der Waals surface area (Å²) < 4.78 is 62.8. The van der Waals surface area contributed by atoms with Gasteiger partial charge in [0.25, 0.3) is 10.0 Å². The summed E-state index contributed by atoms with van der Waals surface area (Å²) in [7, 11) is -4.26. The third-order valence-electron chi connectivity index (χ3n) is 5.64. The average molecular weight is 560 g/mol. The number of para-hydroxylation sites is 1. The van der Waals surface area contributed by atoms with Crippen LogP contribution in [0, 0.1) is 11.6 Å². The number of ether oxygens (including phenoxy) is 1. The van der Waals surface area contributed by atoms with Crippen molar-refractivity contribution < 1.29 is 21.9 Å². The van der Waals surface area contributed by atoms with Gasteiger partial charge in [0.15, 0.2) is 0 Å². The predicted octanol–water partition coefficient (Wildman–Crippen LogP) is 6.55. The Hall–Kier alpha value is -2.39. The van der Waals surface area contributed by atoms with Crippen LogP contribution in [-0.2, 0) is 16.6 Å². The molecule has 0 aliphatic heterocycles. The number of benzene rings is 3. The largest absolute Gasteiger partial charge is 0.493 e. The third-order valence-corrected chi connectivity index (χ3v) is 7.66. The molecule has 36 heavy (non-hydrogen) atoms. The Morgan fingerprint density at radius 1 is 0.944 bits per heavy atom. The second-order valence-electron chi connectivity index (χ2n) is 7.90. The van der Waals surface area contributed by atoms with Crippen LogP contribution in [0.1, 0.15) is 25.8 Å². The summed E-state index contributed by atoms with van der Waals surface area (Å²) in [6.45, 7) is 7.15. The lowest BCUT2D eigenvalue weighted by atomic mass is 10.2. The van der Waals surface area contributed by atoms with Gasteiger partial charge in [-0.05, 0) is 62.0 Å². The van der Waals surface area contributed by atoms with Crippen molar-refractivity contribution in [1.82, 2.24) is 4.90 Å². The van der Waals surface area contributed by atoms with Gasteiger partial charge in [-0.25, -0.2) is 17.2 Å². The molecule has 0 saturated heterocycles. The molecule has 0 aliphatic carbocycles. The van der Waals surface area contributed by atoms with Gasteiger partial charge in [0.1, 0.15) is 17.4 Å². The Balaban J connectivity index is 0.00000456. The molecule has 0 atom stereocenters. The third kappa shape index (κ3) is 7.56. The summed E-state index contributed by atoms with van der Waals surface area (Å²) in [4.78, 5) is 2.19. The lowest BCUT2D eigenvalue weighted by Crippen LogP contribution is -2.31. The van der Waals surface area contributed by atoms with Gasteiger partial charge in [-0.15, -0.1) is 12.4 Å². The Kier molecular flexibility index (Phi) is 11.4. The highest BCUT2D eigenvalue weighted by Crippen LogP contribution is 2.31. The van der Waals surface area contributed by atoms with E-state index in [2.05, 4.69) is 18.7 Å². The number of halogens is 4. The van der Waals surface area contributed by atoms with E-state index in [9.17, 15) is 17.2 Å². The van der Waals surface area contributed by atoms with E-state index < -0.39 is 27.3 Å². The van der Waals surface area contributed by atoms with Gasteiger partial charge < -0.3 is 9.64 Å².